The van der Waals surface area contributed by atoms with Crippen molar-refractivity contribution in [3.05, 3.63) is 41.7 Å². The lowest BCUT2D eigenvalue weighted by Crippen LogP contribution is -2.33. The largest absolute Gasteiger partial charge is 0.371 e. The molecule has 0 saturated carbocycles. The fraction of sp³-hybridized carbons (Fsp3) is 0.357. The summed E-state index contributed by atoms with van der Waals surface area (Å²) < 4.78 is 5.76. The van der Waals surface area contributed by atoms with Crippen LogP contribution in [0.1, 0.15) is 17.2 Å². The van der Waals surface area contributed by atoms with Crippen LogP contribution in [0.2, 0.25) is 0 Å². The van der Waals surface area contributed by atoms with Crippen molar-refractivity contribution in [2.75, 3.05) is 19.7 Å². The first kappa shape index (κ1) is 10.7. The van der Waals surface area contributed by atoms with E-state index in [0.29, 0.717) is 0 Å². The molecule has 1 aromatic heterocycles. The molecule has 1 unspecified atom stereocenters. The van der Waals surface area contributed by atoms with Crippen LogP contribution in [-0.4, -0.2) is 24.7 Å². The number of aryl methyl sites for hydroxylation is 1. The number of pyridine rings is 1. The van der Waals surface area contributed by atoms with Gasteiger partial charge in [0.25, 0.3) is 0 Å². The molecular formula is C14H16N2O. The summed E-state index contributed by atoms with van der Waals surface area (Å²) in [4.78, 5) is 4.24. The van der Waals surface area contributed by atoms with Gasteiger partial charge in [0.2, 0.25) is 0 Å². The summed E-state index contributed by atoms with van der Waals surface area (Å²) in [6, 6.07) is 6.51. The summed E-state index contributed by atoms with van der Waals surface area (Å²) in [6.07, 6.45) is 4.00. The molecule has 0 radical (unpaired) electrons. The first-order valence-corrected chi connectivity index (χ1v) is 6.01. The standard InChI is InChI=1S/C14H16N2O/c1-10-7-16-8-12-6-11(2-3-13(10)12)14-9-15-4-5-17-14/h2-3,6-8,14-15H,4-5,9H2,1H3. The number of hydrogen-bond acceptors (Lipinski definition) is 3. The highest BCUT2D eigenvalue weighted by molar-refractivity contribution is 5.85. The number of morpholine rings is 1. The zero-order valence-corrected chi connectivity index (χ0v) is 9.94. The average molecular weight is 228 g/mol. The second-order valence-corrected chi connectivity index (χ2v) is 4.50. The molecule has 3 heteroatoms. The molecule has 3 rings (SSSR count). The molecule has 0 aliphatic carbocycles. The number of hydrogen-bond donors (Lipinski definition) is 1. The van der Waals surface area contributed by atoms with E-state index in [-0.39, 0.29) is 6.10 Å². The normalized spacial score (nSPS) is 20.6. The zero-order valence-electron chi connectivity index (χ0n) is 9.94. The second-order valence-electron chi connectivity index (χ2n) is 4.50. The topological polar surface area (TPSA) is 34.2 Å². The third-order valence-electron chi connectivity index (χ3n) is 3.28. The van der Waals surface area contributed by atoms with Crippen LogP contribution in [0.4, 0.5) is 0 Å². The number of rotatable bonds is 1. The third kappa shape index (κ3) is 2.04. The Morgan fingerprint density at radius 2 is 2.29 bits per heavy atom. The Labute approximate surface area is 101 Å². The predicted octanol–water partition coefficient (Wildman–Crippen LogP) is 2.20. The van der Waals surface area contributed by atoms with Crippen LogP contribution in [0.15, 0.2) is 30.6 Å². The van der Waals surface area contributed by atoms with Gasteiger partial charge in [-0.05, 0) is 29.5 Å². The molecule has 1 fully saturated rings. The van der Waals surface area contributed by atoms with E-state index in [1.165, 1.54) is 21.9 Å². The molecule has 88 valence electrons. The van der Waals surface area contributed by atoms with Crippen molar-refractivity contribution in [1.29, 1.82) is 0 Å². The molecule has 3 nitrogen and oxygen atoms in total. The predicted molar refractivity (Wildman–Crippen MR) is 68.0 cm³/mol. The van der Waals surface area contributed by atoms with Crippen molar-refractivity contribution >= 4 is 10.8 Å². The van der Waals surface area contributed by atoms with Gasteiger partial charge in [-0.15, -0.1) is 0 Å². The second kappa shape index (κ2) is 4.43. The summed E-state index contributed by atoms with van der Waals surface area (Å²) in [5.74, 6) is 0. The highest BCUT2D eigenvalue weighted by Gasteiger charge is 2.15. The highest BCUT2D eigenvalue weighted by atomic mass is 16.5. The van der Waals surface area contributed by atoms with Crippen molar-refractivity contribution in [2.45, 2.75) is 13.0 Å². The molecule has 0 amide bonds. The molecule has 2 aromatic rings. The molecule has 1 aliphatic heterocycles. The molecule has 17 heavy (non-hydrogen) atoms. The molecule has 1 aliphatic rings. The lowest BCUT2D eigenvalue weighted by atomic mass is 10.0. The molecule has 1 atom stereocenters. The highest BCUT2D eigenvalue weighted by Crippen LogP contribution is 2.24. The van der Waals surface area contributed by atoms with E-state index < -0.39 is 0 Å². The summed E-state index contributed by atoms with van der Waals surface area (Å²) in [5, 5.41) is 5.81. The Bertz CT molecular complexity index is 533. The number of ether oxygens (including phenoxy) is 1. The summed E-state index contributed by atoms with van der Waals surface area (Å²) in [7, 11) is 0. The van der Waals surface area contributed by atoms with Crippen LogP contribution < -0.4 is 5.32 Å². The fourth-order valence-corrected chi connectivity index (χ4v) is 2.33. The molecular weight excluding hydrogens is 212 g/mol. The van der Waals surface area contributed by atoms with Crippen molar-refractivity contribution in [3.63, 3.8) is 0 Å². The maximum absolute atomic E-state index is 5.76. The number of nitrogens with one attached hydrogen (secondary N) is 1. The van der Waals surface area contributed by atoms with Gasteiger partial charge in [-0.25, -0.2) is 0 Å². The quantitative estimate of drug-likeness (QED) is 0.812. The number of nitrogens with zero attached hydrogens (tertiary/aromatic N) is 1. The third-order valence-corrected chi connectivity index (χ3v) is 3.28. The minimum absolute atomic E-state index is 0.175. The van der Waals surface area contributed by atoms with E-state index in [4.69, 9.17) is 4.74 Å². The monoisotopic (exact) mass is 228 g/mol. The Balaban J connectivity index is 2.01. The smallest absolute Gasteiger partial charge is 0.0950 e. The maximum atomic E-state index is 5.76. The molecule has 2 heterocycles. The summed E-state index contributed by atoms with van der Waals surface area (Å²) in [6.45, 7) is 4.72. The lowest BCUT2D eigenvalue weighted by Gasteiger charge is -2.24. The molecule has 1 aromatic carbocycles. The first-order valence-electron chi connectivity index (χ1n) is 6.01. The number of benzene rings is 1. The van der Waals surface area contributed by atoms with Crippen molar-refractivity contribution in [3.8, 4) is 0 Å². The SMILES string of the molecule is Cc1cncc2cc(C3CNCCO3)ccc12. The van der Waals surface area contributed by atoms with Gasteiger partial charge in [0, 0.05) is 30.9 Å². The Kier molecular flexibility index (Phi) is 2.79. The zero-order chi connectivity index (χ0) is 11.7. The fourth-order valence-electron chi connectivity index (χ4n) is 2.33. The van der Waals surface area contributed by atoms with Gasteiger partial charge in [0.1, 0.15) is 0 Å². The van der Waals surface area contributed by atoms with Gasteiger partial charge >= 0.3 is 0 Å². The Morgan fingerprint density at radius 3 is 3.12 bits per heavy atom. The van der Waals surface area contributed by atoms with E-state index in [1.54, 1.807) is 0 Å². The van der Waals surface area contributed by atoms with Crippen LogP contribution >= 0.6 is 0 Å². The van der Waals surface area contributed by atoms with Crippen molar-refractivity contribution < 1.29 is 4.74 Å². The number of fused-ring (bicyclic) bond motifs is 1. The van der Waals surface area contributed by atoms with Crippen LogP contribution in [0.25, 0.3) is 10.8 Å². The van der Waals surface area contributed by atoms with Crippen molar-refractivity contribution in [1.82, 2.24) is 10.3 Å². The Morgan fingerprint density at radius 1 is 1.35 bits per heavy atom. The van der Waals surface area contributed by atoms with Crippen LogP contribution in [0.3, 0.4) is 0 Å². The van der Waals surface area contributed by atoms with Gasteiger partial charge in [-0.3, -0.25) is 4.98 Å². The van der Waals surface area contributed by atoms with Gasteiger partial charge < -0.3 is 10.1 Å². The van der Waals surface area contributed by atoms with E-state index in [0.717, 1.165) is 19.7 Å². The van der Waals surface area contributed by atoms with Gasteiger partial charge in [-0.1, -0.05) is 12.1 Å². The Hall–Kier alpha value is -1.45. The van der Waals surface area contributed by atoms with Crippen LogP contribution in [-0.2, 0) is 4.74 Å². The van der Waals surface area contributed by atoms with Gasteiger partial charge in [0.05, 0.1) is 12.7 Å². The van der Waals surface area contributed by atoms with E-state index in [1.807, 2.05) is 12.4 Å². The molecule has 1 N–H and O–H groups in total. The van der Waals surface area contributed by atoms with Gasteiger partial charge in [0.15, 0.2) is 0 Å². The number of aromatic nitrogens is 1. The minimum atomic E-state index is 0.175. The molecule has 1 saturated heterocycles. The van der Waals surface area contributed by atoms with E-state index in [9.17, 15) is 0 Å². The summed E-state index contributed by atoms with van der Waals surface area (Å²) >= 11 is 0. The van der Waals surface area contributed by atoms with E-state index in [2.05, 4.69) is 35.4 Å². The minimum Gasteiger partial charge on any atom is -0.371 e. The first-order chi connectivity index (χ1) is 8.34. The maximum Gasteiger partial charge on any atom is 0.0950 e. The van der Waals surface area contributed by atoms with Crippen molar-refractivity contribution in [2.24, 2.45) is 0 Å². The van der Waals surface area contributed by atoms with Gasteiger partial charge in [-0.2, -0.15) is 0 Å². The lowest BCUT2D eigenvalue weighted by molar-refractivity contribution is 0.0278. The van der Waals surface area contributed by atoms with E-state index >= 15 is 0 Å². The van der Waals surface area contributed by atoms with Crippen LogP contribution in [0, 0.1) is 6.92 Å². The van der Waals surface area contributed by atoms with Crippen LogP contribution in [0.5, 0.6) is 0 Å². The summed E-state index contributed by atoms with van der Waals surface area (Å²) in [5.41, 5.74) is 2.45. The molecule has 0 spiro atoms. The molecule has 0 bridgehead atoms. The average Bonchev–Trinajstić information content (AvgIpc) is 2.40.